The number of rotatable bonds is 2. The molecule has 0 spiro atoms. The first-order valence-corrected chi connectivity index (χ1v) is 5.43. The van der Waals surface area contributed by atoms with Gasteiger partial charge >= 0.3 is 0 Å². The molecule has 0 amide bonds. The van der Waals surface area contributed by atoms with E-state index >= 15 is 0 Å². The van der Waals surface area contributed by atoms with Gasteiger partial charge in [-0.2, -0.15) is 5.26 Å². The first kappa shape index (κ1) is 10.7. The molecule has 0 bridgehead atoms. The van der Waals surface area contributed by atoms with Gasteiger partial charge in [0.25, 0.3) is 0 Å². The van der Waals surface area contributed by atoms with E-state index in [0.29, 0.717) is 6.54 Å². The van der Waals surface area contributed by atoms with Crippen LogP contribution in [0.15, 0.2) is 41.6 Å². The highest BCUT2D eigenvalue weighted by atomic mass is 15.1. The Kier molecular flexibility index (Phi) is 3.23. The molecular formula is C13H15N3. The molecule has 1 heterocycles. The number of benzene rings is 1. The highest BCUT2D eigenvalue weighted by molar-refractivity contribution is 5.30. The topological polar surface area (TPSA) is 53.1 Å². The average molecular weight is 213 g/mol. The van der Waals surface area contributed by atoms with Crippen molar-refractivity contribution in [2.45, 2.75) is 13.0 Å². The SMILES string of the molecule is N#CC1=C(N)CCN(Cc2ccccc2)C1. The Morgan fingerprint density at radius 2 is 2.06 bits per heavy atom. The van der Waals surface area contributed by atoms with Crippen LogP contribution in [-0.2, 0) is 6.54 Å². The van der Waals surface area contributed by atoms with E-state index < -0.39 is 0 Å². The lowest BCUT2D eigenvalue weighted by Gasteiger charge is -2.26. The molecule has 3 nitrogen and oxygen atoms in total. The molecule has 0 unspecified atom stereocenters. The fraction of sp³-hybridized carbons (Fsp3) is 0.308. The molecule has 82 valence electrons. The number of nitrogens with zero attached hydrogens (tertiary/aromatic N) is 2. The van der Waals surface area contributed by atoms with Crippen LogP contribution in [0.25, 0.3) is 0 Å². The number of hydrogen-bond donors (Lipinski definition) is 1. The van der Waals surface area contributed by atoms with Crippen molar-refractivity contribution in [1.82, 2.24) is 4.90 Å². The van der Waals surface area contributed by atoms with E-state index in [2.05, 4.69) is 23.1 Å². The second-order valence-electron chi connectivity index (χ2n) is 4.06. The van der Waals surface area contributed by atoms with Crippen LogP contribution in [0.4, 0.5) is 0 Å². The zero-order chi connectivity index (χ0) is 11.4. The Bertz CT molecular complexity index is 428. The van der Waals surface area contributed by atoms with E-state index in [0.717, 1.165) is 30.8 Å². The maximum atomic E-state index is 8.93. The molecule has 0 atom stereocenters. The van der Waals surface area contributed by atoms with Crippen molar-refractivity contribution in [1.29, 1.82) is 5.26 Å². The Morgan fingerprint density at radius 1 is 1.31 bits per heavy atom. The molecule has 0 saturated heterocycles. The van der Waals surface area contributed by atoms with Crippen LogP contribution in [0, 0.1) is 11.3 Å². The van der Waals surface area contributed by atoms with E-state index in [9.17, 15) is 0 Å². The van der Waals surface area contributed by atoms with Gasteiger partial charge in [-0.05, 0) is 5.56 Å². The molecular weight excluding hydrogens is 198 g/mol. The van der Waals surface area contributed by atoms with Crippen molar-refractivity contribution >= 4 is 0 Å². The monoisotopic (exact) mass is 213 g/mol. The molecule has 0 aliphatic carbocycles. The second kappa shape index (κ2) is 4.82. The molecule has 16 heavy (non-hydrogen) atoms. The summed E-state index contributed by atoms with van der Waals surface area (Å²) in [4.78, 5) is 2.25. The van der Waals surface area contributed by atoms with Crippen molar-refractivity contribution in [2.24, 2.45) is 5.73 Å². The van der Waals surface area contributed by atoms with Crippen LogP contribution in [0.1, 0.15) is 12.0 Å². The quantitative estimate of drug-likeness (QED) is 0.812. The predicted octanol–water partition coefficient (Wildman–Crippen LogP) is 1.63. The summed E-state index contributed by atoms with van der Waals surface area (Å²) in [5.74, 6) is 0. The highest BCUT2D eigenvalue weighted by Crippen LogP contribution is 2.15. The molecule has 0 radical (unpaired) electrons. The van der Waals surface area contributed by atoms with Crippen LogP contribution in [-0.4, -0.2) is 18.0 Å². The molecule has 0 fully saturated rings. The van der Waals surface area contributed by atoms with Crippen molar-refractivity contribution in [3.05, 3.63) is 47.2 Å². The van der Waals surface area contributed by atoms with Crippen LogP contribution in [0.5, 0.6) is 0 Å². The van der Waals surface area contributed by atoms with Gasteiger partial charge in [-0.3, -0.25) is 4.90 Å². The Hall–Kier alpha value is -1.79. The Labute approximate surface area is 95.8 Å². The Balaban J connectivity index is 2.02. The summed E-state index contributed by atoms with van der Waals surface area (Å²) < 4.78 is 0. The van der Waals surface area contributed by atoms with Crippen LogP contribution in [0.2, 0.25) is 0 Å². The molecule has 1 aliphatic heterocycles. The third-order valence-corrected chi connectivity index (χ3v) is 2.85. The number of nitriles is 1. The standard InChI is InChI=1S/C13H15N3/c14-8-12-10-16(7-6-13(12)15)9-11-4-2-1-3-5-11/h1-5H,6-7,9-10,15H2. The predicted molar refractivity (Wildman–Crippen MR) is 63.2 cm³/mol. The first-order chi connectivity index (χ1) is 7.79. The largest absolute Gasteiger partial charge is 0.401 e. The minimum absolute atomic E-state index is 0.678. The van der Waals surface area contributed by atoms with Crippen LogP contribution >= 0.6 is 0 Å². The lowest BCUT2D eigenvalue weighted by atomic mass is 10.1. The van der Waals surface area contributed by atoms with Crippen LogP contribution < -0.4 is 5.73 Å². The Morgan fingerprint density at radius 3 is 2.75 bits per heavy atom. The van der Waals surface area contributed by atoms with E-state index in [-0.39, 0.29) is 0 Å². The van der Waals surface area contributed by atoms with Gasteiger partial charge in [-0.15, -0.1) is 0 Å². The fourth-order valence-electron chi connectivity index (χ4n) is 1.92. The number of hydrogen-bond acceptors (Lipinski definition) is 3. The summed E-state index contributed by atoms with van der Waals surface area (Å²) >= 11 is 0. The van der Waals surface area contributed by atoms with Gasteiger partial charge in [0.05, 0.1) is 11.6 Å². The first-order valence-electron chi connectivity index (χ1n) is 5.43. The zero-order valence-electron chi connectivity index (χ0n) is 9.19. The maximum Gasteiger partial charge on any atom is 0.0979 e. The van der Waals surface area contributed by atoms with E-state index in [1.807, 2.05) is 18.2 Å². The minimum atomic E-state index is 0.678. The minimum Gasteiger partial charge on any atom is -0.401 e. The van der Waals surface area contributed by atoms with Gasteiger partial charge in [-0.25, -0.2) is 0 Å². The molecule has 1 aromatic rings. The van der Waals surface area contributed by atoms with Gasteiger partial charge in [0.1, 0.15) is 0 Å². The maximum absolute atomic E-state index is 8.93. The van der Waals surface area contributed by atoms with Crippen LogP contribution in [0.3, 0.4) is 0 Å². The van der Waals surface area contributed by atoms with Gasteiger partial charge in [0.2, 0.25) is 0 Å². The highest BCUT2D eigenvalue weighted by Gasteiger charge is 2.16. The summed E-state index contributed by atoms with van der Waals surface area (Å²) in [5, 5.41) is 8.93. The molecule has 0 saturated carbocycles. The summed E-state index contributed by atoms with van der Waals surface area (Å²) in [6.07, 6.45) is 0.801. The fourth-order valence-corrected chi connectivity index (χ4v) is 1.92. The van der Waals surface area contributed by atoms with Crippen molar-refractivity contribution in [2.75, 3.05) is 13.1 Å². The smallest absolute Gasteiger partial charge is 0.0979 e. The van der Waals surface area contributed by atoms with Gasteiger partial charge in [0, 0.05) is 31.8 Å². The lowest BCUT2D eigenvalue weighted by molar-refractivity contribution is 0.280. The third-order valence-electron chi connectivity index (χ3n) is 2.85. The lowest BCUT2D eigenvalue weighted by Crippen LogP contribution is -2.32. The van der Waals surface area contributed by atoms with E-state index in [1.165, 1.54) is 5.56 Å². The van der Waals surface area contributed by atoms with Gasteiger partial charge < -0.3 is 5.73 Å². The van der Waals surface area contributed by atoms with E-state index in [4.69, 9.17) is 11.0 Å². The average Bonchev–Trinajstić information content (AvgIpc) is 2.33. The molecule has 1 aliphatic rings. The van der Waals surface area contributed by atoms with Gasteiger partial charge in [-0.1, -0.05) is 30.3 Å². The molecule has 2 N–H and O–H groups in total. The summed E-state index contributed by atoms with van der Waals surface area (Å²) in [7, 11) is 0. The summed E-state index contributed by atoms with van der Waals surface area (Å²) in [6.45, 7) is 2.50. The van der Waals surface area contributed by atoms with E-state index in [1.54, 1.807) is 0 Å². The normalized spacial score (nSPS) is 17.2. The summed E-state index contributed by atoms with van der Waals surface area (Å²) in [6, 6.07) is 12.5. The molecule has 2 rings (SSSR count). The van der Waals surface area contributed by atoms with Crippen molar-refractivity contribution < 1.29 is 0 Å². The molecule has 0 aromatic heterocycles. The van der Waals surface area contributed by atoms with Crippen molar-refractivity contribution in [3.63, 3.8) is 0 Å². The summed E-state index contributed by atoms with van der Waals surface area (Å²) in [5.41, 5.74) is 8.53. The van der Waals surface area contributed by atoms with Gasteiger partial charge in [0.15, 0.2) is 0 Å². The van der Waals surface area contributed by atoms with Crippen molar-refractivity contribution in [3.8, 4) is 6.07 Å². The number of nitrogens with two attached hydrogens (primary N) is 1. The molecule has 1 aromatic carbocycles. The third kappa shape index (κ3) is 2.41. The zero-order valence-corrected chi connectivity index (χ0v) is 9.19. The second-order valence-corrected chi connectivity index (χ2v) is 4.06. The molecule has 3 heteroatoms.